The number of thiazole rings is 1. The summed E-state index contributed by atoms with van der Waals surface area (Å²) >= 11 is 1.58. The van der Waals surface area contributed by atoms with E-state index in [1.54, 1.807) is 18.4 Å². The summed E-state index contributed by atoms with van der Waals surface area (Å²) < 4.78 is 5.11. The molecule has 1 aromatic heterocycles. The molecule has 0 saturated heterocycles. The number of aromatic nitrogens is 1. The fourth-order valence-electron chi connectivity index (χ4n) is 2.56. The van der Waals surface area contributed by atoms with Crippen molar-refractivity contribution in [1.82, 2.24) is 4.98 Å². The van der Waals surface area contributed by atoms with Crippen molar-refractivity contribution in [3.63, 3.8) is 0 Å². The molecule has 1 saturated carbocycles. The fourth-order valence-corrected chi connectivity index (χ4v) is 3.46. The molecule has 1 aliphatic carbocycles. The zero-order chi connectivity index (χ0) is 13.0. The van der Waals surface area contributed by atoms with E-state index in [0.29, 0.717) is 6.61 Å². The molecule has 1 heterocycles. The predicted octanol–water partition coefficient (Wildman–Crippen LogP) is 2.41. The summed E-state index contributed by atoms with van der Waals surface area (Å²) in [5, 5.41) is 10.3. The highest BCUT2D eigenvalue weighted by Crippen LogP contribution is 2.30. The van der Waals surface area contributed by atoms with Gasteiger partial charge in [-0.15, -0.1) is 0 Å². The van der Waals surface area contributed by atoms with Crippen LogP contribution in [0.1, 0.15) is 36.3 Å². The van der Waals surface area contributed by atoms with Crippen LogP contribution in [-0.2, 0) is 18.0 Å². The van der Waals surface area contributed by atoms with Gasteiger partial charge in [0.15, 0.2) is 5.13 Å². The maximum atomic E-state index is 9.32. The number of aliphatic hydroxyl groups excluding tert-OH is 1. The standard InChI is InChI=1S/C13H22N2O2S/c1-15(7-10-5-3-4-6-10)13-14-11(9-17-2)12(8-16)18-13/h10,16H,3-9H2,1-2H3. The first-order valence-electron chi connectivity index (χ1n) is 6.54. The minimum Gasteiger partial charge on any atom is -0.391 e. The van der Waals surface area contributed by atoms with Gasteiger partial charge in [-0.3, -0.25) is 0 Å². The minimum absolute atomic E-state index is 0.0492. The summed E-state index contributed by atoms with van der Waals surface area (Å²) in [6, 6.07) is 0. The van der Waals surface area contributed by atoms with Crippen LogP contribution >= 0.6 is 11.3 Å². The lowest BCUT2D eigenvalue weighted by molar-refractivity contribution is 0.179. The molecule has 2 rings (SSSR count). The van der Waals surface area contributed by atoms with E-state index < -0.39 is 0 Å². The largest absolute Gasteiger partial charge is 0.391 e. The first kappa shape index (κ1) is 13.8. The van der Waals surface area contributed by atoms with E-state index in [0.717, 1.165) is 28.2 Å². The van der Waals surface area contributed by atoms with E-state index in [9.17, 15) is 5.11 Å². The van der Waals surface area contributed by atoms with Crippen molar-refractivity contribution in [3.8, 4) is 0 Å². The summed E-state index contributed by atoms with van der Waals surface area (Å²) in [5.41, 5.74) is 0.873. The lowest BCUT2D eigenvalue weighted by Gasteiger charge is -2.19. The van der Waals surface area contributed by atoms with Gasteiger partial charge >= 0.3 is 0 Å². The number of methoxy groups -OCH3 is 1. The zero-order valence-electron chi connectivity index (χ0n) is 11.2. The number of hydrogen-bond acceptors (Lipinski definition) is 5. The third-order valence-corrected chi connectivity index (χ3v) is 4.72. The van der Waals surface area contributed by atoms with Gasteiger partial charge in [0.2, 0.25) is 0 Å². The molecule has 0 aliphatic heterocycles. The molecule has 1 fully saturated rings. The van der Waals surface area contributed by atoms with Gasteiger partial charge in [-0.2, -0.15) is 0 Å². The average Bonchev–Trinajstić information content (AvgIpc) is 2.98. The number of nitrogens with zero attached hydrogens (tertiary/aromatic N) is 2. The first-order chi connectivity index (χ1) is 8.74. The van der Waals surface area contributed by atoms with Crippen molar-refractivity contribution in [3.05, 3.63) is 10.6 Å². The smallest absolute Gasteiger partial charge is 0.185 e. The highest BCUT2D eigenvalue weighted by atomic mass is 32.1. The van der Waals surface area contributed by atoms with Gasteiger partial charge in [0.1, 0.15) is 0 Å². The molecule has 1 aliphatic rings. The van der Waals surface area contributed by atoms with Crippen LogP contribution in [0.3, 0.4) is 0 Å². The van der Waals surface area contributed by atoms with E-state index in [1.807, 2.05) is 0 Å². The molecule has 0 unspecified atom stereocenters. The van der Waals surface area contributed by atoms with Crippen LogP contribution in [0.25, 0.3) is 0 Å². The van der Waals surface area contributed by atoms with Crippen LogP contribution in [0, 0.1) is 5.92 Å². The Hall–Kier alpha value is -0.650. The normalized spacial score (nSPS) is 16.4. The van der Waals surface area contributed by atoms with E-state index in [2.05, 4.69) is 16.9 Å². The summed E-state index contributed by atoms with van der Waals surface area (Å²) in [4.78, 5) is 7.71. The molecular weight excluding hydrogens is 248 g/mol. The Morgan fingerprint density at radius 1 is 1.44 bits per heavy atom. The van der Waals surface area contributed by atoms with Crippen molar-refractivity contribution in [2.75, 3.05) is 25.6 Å². The van der Waals surface area contributed by atoms with Crippen molar-refractivity contribution in [2.45, 2.75) is 38.9 Å². The molecular formula is C13H22N2O2S. The summed E-state index contributed by atoms with van der Waals surface area (Å²) in [6.45, 7) is 1.60. The number of aliphatic hydroxyl groups is 1. The quantitative estimate of drug-likeness (QED) is 0.862. The molecule has 5 heteroatoms. The Labute approximate surface area is 113 Å². The van der Waals surface area contributed by atoms with E-state index >= 15 is 0 Å². The van der Waals surface area contributed by atoms with Gasteiger partial charge < -0.3 is 14.7 Å². The molecule has 4 nitrogen and oxygen atoms in total. The van der Waals surface area contributed by atoms with Crippen LogP contribution in [0.2, 0.25) is 0 Å². The van der Waals surface area contributed by atoms with Crippen LogP contribution in [0.15, 0.2) is 0 Å². The molecule has 0 amide bonds. The number of anilines is 1. The van der Waals surface area contributed by atoms with Crippen molar-refractivity contribution >= 4 is 16.5 Å². The Bertz CT molecular complexity index is 375. The molecule has 102 valence electrons. The highest BCUT2D eigenvalue weighted by Gasteiger charge is 2.19. The third kappa shape index (κ3) is 3.22. The van der Waals surface area contributed by atoms with Crippen molar-refractivity contribution in [1.29, 1.82) is 0 Å². The SMILES string of the molecule is COCc1nc(N(C)CC2CCCC2)sc1CO. The van der Waals surface area contributed by atoms with Crippen LogP contribution in [0.4, 0.5) is 5.13 Å². The topological polar surface area (TPSA) is 45.6 Å². The van der Waals surface area contributed by atoms with Crippen LogP contribution in [0.5, 0.6) is 0 Å². The monoisotopic (exact) mass is 270 g/mol. The third-order valence-electron chi connectivity index (χ3n) is 3.52. The minimum atomic E-state index is 0.0492. The lowest BCUT2D eigenvalue weighted by atomic mass is 10.1. The summed E-state index contributed by atoms with van der Waals surface area (Å²) in [7, 11) is 3.75. The van der Waals surface area contributed by atoms with Crippen LogP contribution < -0.4 is 4.90 Å². The molecule has 1 N–H and O–H groups in total. The molecule has 0 spiro atoms. The van der Waals surface area contributed by atoms with E-state index in [-0.39, 0.29) is 6.61 Å². The molecule has 0 atom stereocenters. The zero-order valence-corrected chi connectivity index (χ0v) is 12.0. The maximum Gasteiger partial charge on any atom is 0.185 e. The van der Waals surface area contributed by atoms with Crippen molar-refractivity contribution in [2.24, 2.45) is 5.92 Å². The second-order valence-electron chi connectivity index (χ2n) is 4.99. The first-order valence-corrected chi connectivity index (χ1v) is 7.35. The Kier molecular flexibility index (Phi) is 4.97. The maximum absolute atomic E-state index is 9.32. The van der Waals surface area contributed by atoms with Gasteiger partial charge in [0.25, 0.3) is 0 Å². The number of hydrogen-bond donors (Lipinski definition) is 1. The average molecular weight is 270 g/mol. The molecule has 0 radical (unpaired) electrons. The Morgan fingerprint density at radius 3 is 2.78 bits per heavy atom. The molecule has 0 aromatic carbocycles. The highest BCUT2D eigenvalue weighted by molar-refractivity contribution is 7.15. The second kappa shape index (κ2) is 6.50. The van der Waals surface area contributed by atoms with Crippen molar-refractivity contribution < 1.29 is 9.84 Å². The Morgan fingerprint density at radius 2 is 2.17 bits per heavy atom. The van der Waals surface area contributed by atoms with E-state index in [1.165, 1.54) is 25.7 Å². The number of ether oxygens (including phenoxy) is 1. The Balaban J connectivity index is 2.02. The summed E-state index contributed by atoms with van der Waals surface area (Å²) in [5.74, 6) is 0.808. The molecule has 1 aromatic rings. The van der Waals surface area contributed by atoms with Gasteiger partial charge in [-0.05, 0) is 18.8 Å². The predicted molar refractivity (Wildman–Crippen MR) is 74.0 cm³/mol. The fraction of sp³-hybridized carbons (Fsp3) is 0.769. The van der Waals surface area contributed by atoms with E-state index in [4.69, 9.17) is 4.74 Å². The van der Waals surface area contributed by atoms with Gasteiger partial charge in [0.05, 0.1) is 23.8 Å². The lowest BCUT2D eigenvalue weighted by Crippen LogP contribution is -2.23. The van der Waals surface area contributed by atoms with Crippen LogP contribution in [-0.4, -0.2) is 30.8 Å². The molecule has 0 bridgehead atoms. The van der Waals surface area contributed by atoms with Gasteiger partial charge in [-0.1, -0.05) is 24.2 Å². The summed E-state index contributed by atoms with van der Waals surface area (Å²) in [6.07, 6.45) is 5.42. The van der Waals surface area contributed by atoms with Gasteiger partial charge in [-0.25, -0.2) is 4.98 Å². The second-order valence-corrected chi connectivity index (χ2v) is 6.05. The number of rotatable bonds is 6. The molecule has 18 heavy (non-hydrogen) atoms. The van der Waals surface area contributed by atoms with Gasteiger partial charge in [0, 0.05) is 20.7 Å².